The summed E-state index contributed by atoms with van der Waals surface area (Å²) in [6, 6.07) is 25.1. The molecule has 2 N–H and O–H groups in total. The first-order valence-corrected chi connectivity index (χ1v) is 11.0. The number of benzene rings is 3. The first-order chi connectivity index (χ1) is 14.0. The van der Waals surface area contributed by atoms with E-state index < -0.39 is 10.0 Å². The highest BCUT2D eigenvalue weighted by Gasteiger charge is 2.19. The predicted octanol–water partition coefficient (Wildman–Crippen LogP) is 3.91. The average Bonchev–Trinajstić information content (AvgIpc) is 2.73. The smallest absolute Gasteiger partial charge is 0.242 e. The minimum Gasteiger partial charge on any atom is -0.345 e. The van der Waals surface area contributed by atoms with Crippen LogP contribution >= 0.6 is 11.6 Å². The summed E-state index contributed by atoms with van der Waals surface area (Å²) in [5.41, 5.74) is 1.90. The van der Waals surface area contributed by atoms with Crippen LogP contribution in [0.4, 0.5) is 0 Å². The topological polar surface area (TPSA) is 75.3 Å². The average molecular weight is 429 g/mol. The lowest BCUT2D eigenvalue weighted by atomic mass is 9.98. The third kappa shape index (κ3) is 5.67. The molecule has 0 radical (unpaired) electrons. The zero-order chi connectivity index (χ0) is 20.7. The number of carbonyl (C=O) groups is 1. The summed E-state index contributed by atoms with van der Waals surface area (Å²) in [4.78, 5) is 12.5. The van der Waals surface area contributed by atoms with Gasteiger partial charge in [-0.2, -0.15) is 0 Å². The van der Waals surface area contributed by atoms with E-state index in [2.05, 4.69) is 10.0 Å². The lowest BCUT2D eigenvalue weighted by molar-refractivity contribution is -0.121. The molecular formula is C22H21ClN2O3S. The molecule has 29 heavy (non-hydrogen) atoms. The van der Waals surface area contributed by atoms with Crippen molar-refractivity contribution in [3.05, 3.63) is 101 Å². The Labute approximate surface area is 175 Å². The number of halogens is 1. The molecule has 7 heteroatoms. The number of hydrogen-bond donors (Lipinski definition) is 2. The van der Waals surface area contributed by atoms with Crippen molar-refractivity contribution in [3.63, 3.8) is 0 Å². The molecule has 0 atom stereocenters. The van der Waals surface area contributed by atoms with Crippen LogP contribution in [0.25, 0.3) is 0 Å². The molecule has 3 aromatic carbocycles. The van der Waals surface area contributed by atoms with Crippen molar-refractivity contribution < 1.29 is 13.2 Å². The number of amides is 1. The summed E-state index contributed by atoms with van der Waals surface area (Å²) in [6.45, 7) is -0.0321. The van der Waals surface area contributed by atoms with Crippen molar-refractivity contribution in [2.75, 3.05) is 6.54 Å². The number of sulfonamides is 1. The molecule has 0 aliphatic carbocycles. The quantitative estimate of drug-likeness (QED) is 0.571. The van der Waals surface area contributed by atoms with Crippen molar-refractivity contribution in [1.29, 1.82) is 0 Å². The Balaban J connectivity index is 1.65. The monoisotopic (exact) mass is 428 g/mol. The van der Waals surface area contributed by atoms with Gasteiger partial charge in [-0.05, 0) is 23.3 Å². The van der Waals surface area contributed by atoms with Crippen LogP contribution in [0.3, 0.4) is 0 Å². The Kier molecular flexibility index (Phi) is 7.04. The maximum atomic E-state index is 12.5. The van der Waals surface area contributed by atoms with Crippen LogP contribution in [0, 0.1) is 0 Å². The van der Waals surface area contributed by atoms with Gasteiger partial charge >= 0.3 is 0 Å². The second-order valence-corrected chi connectivity index (χ2v) is 8.54. The van der Waals surface area contributed by atoms with Crippen molar-refractivity contribution in [3.8, 4) is 0 Å². The Hall–Kier alpha value is -2.67. The number of rotatable bonds is 8. The van der Waals surface area contributed by atoms with Crippen LogP contribution in [0.5, 0.6) is 0 Å². The van der Waals surface area contributed by atoms with Gasteiger partial charge in [0.05, 0.1) is 11.1 Å². The van der Waals surface area contributed by atoms with Crippen molar-refractivity contribution in [1.82, 2.24) is 10.0 Å². The molecule has 3 rings (SSSR count). The molecular weight excluding hydrogens is 408 g/mol. The predicted molar refractivity (Wildman–Crippen MR) is 114 cm³/mol. The van der Waals surface area contributed by atoms with Crippen LogP contribution in [-0.2, 0) is 14.8 Å². The summed E-state index contributed by atoms with van der Waals surface area (Å²) >= 11 is 5.96. The molecule has 0 unspecified atom stereocenters. The highest BCUT2D eigenvalue weighted by molar-refractivity contribution is 7.89. The lowest BCUT2D eigenvalue weighted by Gasteiger charge is -2.20. The molecule has 0 bridgehead atoms. The van der Waals surface area contributed by atoms with Crippen molar-refractivity contribution in [2.24, 2.45) is 0 Å². The minimum atomic E-state index is -3.78. The fraction of sp³-hybridized carbons (Fsp3) is 0.136. The normalized spacial score (nSPS) is 11.4. The zero-order valence-electron chi connectivity index (χ0n) is 15.6. The van der Waals surface area contributed by atoms with Gasteiger partial charge in [0.25, 0.3) is 0 Å². The van der Waals surface area contributed by atoms with E-state index in [0.29, 0.717) is 0 Å². The zero-order valence-corrected chi connectivity index (χ0v) is 17.2. The highest BCUT2D eigenvalue weighted by Crippen LogP contribution is 2.22. The molecule has 1 amide bonds. The summed E-state index contributed by atoms with van der Waals surface area (Å²) in [5, 5.41) is 3.12. The largest absolute Gasteiger partial charge is 0.345 e. The lowest BCUT2D eigenvalue weighted by Crippen LogP contribution is -2.33. The fourth-order valence-corrected chi connectivity index (χ4v) is 4.47. The van der Waals surface area contributed by atoms with E-state index in [4.69, 9.17) is 11.6 Å². The summed E-state index contributed by atoms with van der Waals surface area (Å²) in [6.07, 6.45) is -0.000149. The second-order valence-electron chi connectivity index (χ2n) is 6.40. The van der Waals surface area contributed by atoms with Crippen LogP contribution in [0.2, 0.25) is 5.02 Å². The molecule has 150 valence electrons. The van der Waals surface area contributed by atoms with Gasteiger partial charge < -0.3 is 5.32 Å². The van der Waals surface area contributed by atoms with Gasteiger partial charge in [0, 0.05) is 13.0 Å². The van der Waals surface area contributed by atoms with Gasteiger partial charge in [-0.1, -0.05) is 84.4 Å². The third-order valence-electron chi connectivity index (χ3n) is 4.34. The van der Waals surface area contributed by atoms with E-state index in [1.807, 2.05) is 60.7 Å². The maximum Gasteiger partial charge on any atom is 0.242 e. The van der Waals surface area contributed by atoms with Gasteiger partial charge in [-0.15, -0.1) is 0 Å². The molecule has 0 aliphatic rings. The first kappa shape index (κ1) is 21.0. The van der Waals surface area contributed by atoms with Crippen molar-refractivity contribution >= 4 is 27.5 Å². The van der Waals surface area contributed by atoms with E-state index in [1.54, 1.807) is 12.1 Å². The second kappa shape index (κ2) is 9.69. The molecule has 0 aliphatic heterocycles. The molecule has 0 spiro atoms. The van der Waals surface area contributed by atoms with Crippen LogP contribution in [-0.4, -0.2) is 20.9 Å². The molecule has 0 aromatic heterocycles. The Morgan fingerprint density at radius 1 is 0.828 bits per heavy atom. The van der Waals surface area contributed by atoms with Gasteiger partial charge in [0.15, 0.2) is 0 Å². The minimum absolute atomic E-state index is 0.000149. The van der Waals surface area contributed by atoms with Crippen LogP contribution < -0.4 is 10.0 Å². The fourth-order valence-electron chi connectivity index (χ4n) is 2.92. The van der Waals surface area contributed by atoms with Gasteiger partial charge in [0.1, 0.15) is 4.90 Å². The first-order valence-electron chi connectivity index (χ1n) is 9.11. The van der Waals surface area contributed by atoms with E-state index in [9.17, 15) is 13.2 Å². The SMILES string of the molecule is O=C(CCNS(=O)(=O)c1ccccc1Cl)NC(c1ccccc1)c1ccccc1. The molecule has 3 aromatic rings. The standard InChI is InChI=1S/C22H21ClN2O3S/c23-19-13-7-8-14-20(19)29(27,28)24-16-15-21(26)25-22(17-9-3-1-4-10-17)18-11-5-2-6-12-18/h1-14,22,24H,15-16H2,(H,25,26). The molecule has 0 fully saturated rings. The Bertz CT molecular complexity index is 1020. The molecule has 5 nitrogen and oxygen atoms in total. The maximum absolute atomic E-state index is 12.5. The van der Waals surface area contributed by atoms with Gasteiger partial charge in [-0.3, -0.25) is 4.79 Å². The van der Waals surface area contributed by atoms with Crippen LogP contribution in [0.15, 0.2) is 89.8 Å². The Morgan fingerprint density at radius 3 is 1.90 bits per heavy atom. The van der Waals surface area contributed by atoms with Gasteiger partial charge in [0.2, 0.25) is 15.9 Å². The molecule has 0 heterocycles. The van der Waals surface area contributed by atoms with E-state index in [1.165, 1.54) is 12.1 Å². The van der Waals surface area contributed by atoms with E-state index in [0.717, 1.165) is 11.1 Å². The highest BCUT2D eigenvalue weighted by atomic mass is 35.5. The Morgan fingerprint density at radius 2 is 1.34 bits per heavy atom. The summed E-state index contributed by atoms with van der Waals surface area (Å²) in [5.74, 6) is -0.260. The van der Waals surface area contributed by atoms with Crippen molar-refractivity contribution in [2.45, 2.75) is 17.4 Å². The third-order valence-corrected chi connectivity index (χ3v) is 6.30. The molecule has 0 saturated heterocycles. The molecule has 0 saturated carbocycles. The number of hydrogen-bond acceptors (Lipinski definition) is 3. The van der Waals surface area contributed by atoms with E-state index in [-0.39, 0.29) is 34.8 Å². The number of carbonyl (C=O) groups excluding carboxylic acids is 1. The summed E-state index contributed by atoms with van der Waals surface area (Å²) < 4.78 is 27.2. The summed E-state index contributed by atoms with van der Waals surface area (Å²) in [7, 11) is -3.78. The van der Waals surface area contributed by atoms with Crippen LogP contribution in [0.1, 0.15) is 23.6 Å². The van der Waals surface area contributed by atoms with E-state index >= 15 is 0 Å². The van der Waals surface area contributed by atoms with Gasteiger partial charge in [-0.25, -0.2) is 13.1 Å². The number of nitrogens with one attached hydrogen (secondary N) is 2.